The summed E-state index contributed by atoms with van der Waals surface area (Å²) < 4.78 is 0. The van der Waals surface area contributed by atoms with Crippen LogP contribution in [-0.4, -0.2) is 25.7 Å². The molecule has 0 spiro atoms. The Kier molecular flexibility index (Phi) is 5.31. The first-order valence-electron chi connectivity index (χ1n) is 8.05. The standard InChI is InChI=1S/C18H16N6O3/c19-18-16(2-1-6-21-18)22-10-13-8-12(5-7-20-13)9-17(25)15-4-3-14(11-23-15)24(26)27/h1-8,11,22H,9-10H2,(H2,19,21). The van der Waals surface area contributed by atoms with Gasteiger partial charge in [0, 0.05) is 24.9 Å². The van der Waals surface area contributed by atoms with Gasteiger partial charge in [0.1, 0.15) is 17.7 Å². The maximum Gasteiger partial charge on any atom is 0.287 e. The number of aromatic nitrogens is 3. The Balaban J connectivity index is 1.65. The van der Waals surface area contributed by atoms with E-state index in [4.69, 9.17) is 5.73 Å². The third-order valence-electron chi connectivity index (χ3n) is 3.79. The van der Waals surface area contributed by atoms with Gasteiger partial charge in [0.05, 0.1) is 22.8 Å². The molecule has 0 aliphatic rings. The highest BCUT2D eigenvalue weighted by Gasteiger charge is 2.12. The minimum absolute atomic E-state index is 0.120. The Bertz CT molecular complexity index is 975. The molecule has 9 nitrogen and oxygen atoms in total. The lowest BCUT2D eigenvalue weighted by Gasteiger charge is -2.08. The van der Waals surface area contributed by atoms with Crippen LogP contribution in [0.2, 0.25) is 0 Å². The fraction of sp³-hybridized carbons (Fsp3) is 0.111. The Hall–Kier alpha value is -3.88. The van der Waals surface area contributed by atoms with Crippen molar-refractivity contribution in [2.45, 2.75) is 13.0 Å². The van der Waals surface area contributed by atoms with Gasteiger partial charge < -0.3 is 11.1 Å². The maximum absolute atomic E-state index is 12.3. The average Bonchev–Trinajstić information content (AvgIpc) is 2.68. The number of nitrogen functional groups attached to an aromatic ring is 1. The molecule has 3 N–H and O–H groups in total. The number of nitrogens with zero attached hydrogens (tertiary/aromatic N) is 4. The monoisotopic (exact) mass is 364 g/mol. The zero-order valence-electron chi connectivity index (χ0n) is 14.2. The second-order valence-corrected chi connectivity index (χ2v) is 5.70. The molecule has 0 radical (unpaired) electrons. The summed E-state index contributed by atoms with van der Waals surface area (Å²) in [5.74, 6) is 0.166. The predicted molar refractivity (Wildman–Crippen MR) is 99.1 cm³/mol. The second kappa shape index (κ2) is 8.00. The van der Waals surface area contributed by atoms with Gasteiger partial charge >= 0.3 is 0 Å². The van der Waals surface area contributed by atoms with Gasteiger partial charge in [-0.15, -0.1) is 0 Å². The van der Waals surface area contributed by atoms with Crippen LogP contribution in [0.1, 0.15) is 21.7 Å². The van der Waals surface area contributed by atoms with Crippen molar-refractivity contribution >= 4 is 23.0 Å². The van der Waals surface area contributed by atoms with Crippen LogP contribution in [0.15, 0.2) is 55.0 Å². The minimum Gasteiger partial charge on any atom is -0.382 e. The number of rotatable bonds is 7. The van der Waals surface area contributed by atoms with E-state index >= 15 is 0 Å². The summed E-state index contributed by atoms with van der Waals surface area (Å²) >= 11 is 0. The summed E-state index contributed by atoms with van der Waals surface area (Å²) in [5.41, 5.74) is 8.02. The molecule has 0 bridgehead atoms. The lowest BCUT2D eigenvalue weighted by molar-refractivity contribution is -0.385. The maximum atomic E-state index is 12.3. The summed E-state index contributed by atoms with van der Waals surface area (Å²) in [5, 5.41) is 13.8. The Morgan fingerprint density at radius 2 is 2.00 bits per heavy atom. The molecule has 0 saturated carbocycles. The topological polar surface area (TPSA) is 137 Å². The van der Waals surface area contributed by atoms with Crippen molar-refractivity contribution in [1.29, 1.82) is 0 Å². The number of nitro groups is 1. The van der Waals surface area contributed by atoms with E-state index in [1.165, 1.54) is 12.1 Å². The highest BCUT2D eigenvalue weighted by atomic mass is 16.6. The molecule has 0 fully saturated rings. The summed E-state index contributed by atoms with van der Waals surface area (Å²) in [6.45, 7) is 0.424. The van der Waals surface area contributed by atoms with E-state index in [2.05, 4.69) is 20.3 Å². The molecule has 9 heteroatoms. The van der Waals surface area contributed by atoms with Crippen LogP contribution in [0.3, 0.4) is 0 Å². The van der Waals surface area contributed by atoms with Gasteiger partial charge in [0.25, 0.3) is 5.69 Å². The molecule has 27 heavy (non-hydrogen) atoms. The second-order valence-electron chi connectivity index (χ2n) is 5.70. The first kappa shape index (κ1) is 17.9. The summed E-state index contributed by atoms with van der Waals surface area (Å²) in [4.78, 5) is 34.6. The Morgan fingerprint density at radius 3 is 2.70 bits per heavy atom. The van der Waals surface area contributed by atoms with Gasteiger partial charge in [-0.1, -0.05) is 0 Å². The van der Waals surface area contributed by atoms with Crippen LogP contribution < -0.4 is 11.1 Å². The van der Waals surface area contributed by atoms with Crippen LogP contribution in [0.25, 0.3) is 0 Å². The molecule has 0 amide bonds. The van der Waals surface area contributed by atoms with Crippen molar-refractivity contribution in [3.63, 3.8) is 0 Å². The first-order valence-corrected chi connectivity index (χ1v) is 8.05. The molecule has 3 aromatic rings. The predicted octanol–water partition coefficient (Wildman–Crippen LogP) is 2.40. The molecular weight excluding hydrogens is 348 g/mol. The number of pyridine rings is 3. The zero-order valence-corrected chi connectivity index (χ0v) is 14.2. The van der Waals surface area contributed by atoms with Crippen molar-refractivity contribution in [3.05, 3.63) is 82.1 Å². The number of anilines is 2. The van der Waals surface area contributed by atoms with Gasteiger partial charge in [-0.05, 0) is 35.9 Å². The summed E-state index contributed by atoms with van der Waals surface area (Å²) in [6, 6.07) is 9.76. The van der Waals surface area contributed by atoms with Crippen LogP contribution in [-0.2, 0) is 13.0 Å². The van der Waals surface area contributed by atoms with E-state index in [1.807, 2.05) is 12.1 Å². The summed E-state index contributed by atoms with van der Waals surface area (Å²) in [6.07, 6.45) is 4.43. The van der Waals surface area contributed by atoms with Gasteiger partial charge in [-0.3, -0.25) is 19.9 Å². The lowest BCUT2D eigenvalue weighted by atomic mass is 10.1. The fourth-order valence-electron chi connectivity index (χ4n) is 2.42. The van der Waals surface area contributed by atoms with Crippen LogP contribution in [0.5, 0.6) is 0 Å². The highest BCUT2D eigenvalue weighted by Crippen LogP contribution is 2.15. The molecular formula is C18H16N6O3. The van der Waals surface area contributed by atoms with Gasteiger partial charge in [0.15, 0.2) is 5.78 Å². The number of hydrogen-bond acceptors (Lipinski definition) is 8. The van der Waals surface area contributed by atoms with Crippen molar-refractivity contribution in [2.75, 3.05) is 11.1 Å². The van der Waals surface area contributed by atoms with Crippen LogP contribution in [0, 0.1) is 10.1 Å². The molecule has 3 aromatic heterocycles. The summed E-state index contributed by atoms with van der Waals surface area (Å²) in [7, 11) is 0. The quantitative estimate of drug-likeness (QED) is 0.370. The normalized spacial score (nSPS) is 10.4. The van der Waals surface area contributed by atoms with Crippen molar-refractivity contribution in [2.24, 2.45) is 0 Å². The van der Waals surface area contributed by atoms with Crippen molar-refractivity contribution < 1.29 is 9.72 Å². The molecule has 0 aliphatic heterocycles. The Morgan fingerprint density at radius 1 is 1.15 bits per heavy atom. The van der Waals surface area contributed by atoms with Crippen LogP contribution >= 0.6 is 0 Å². The molecule has 136 valence electrons. The third kappa shape index (κ3) is 4.60. The van der Waals surface area contributed by atoms with E-state index in [1.54, 1.807) is 24.5 Å². The van der Waals surface area contributed by atoms with Gasteiger partial charge in [0.2, 0.25) is 0 Å². The smallest absolute Gasteiger partial charge is 0.287 e. The first-order chi connectivity index (χ1) is 13.0. The number of hydrogen-bond donors (Lipinski definition) is 2. The van der Waals surface area contributed by atoms with E-state index < -0.39 is 4.92 Å². The van der Waals surface area contributed by atoms with E-state index in [0.29, 0.717) is 18.1 Å². The number of Topliss-reactive ketones (excluding diaryl/α,β-unsaturated/α-hetero) is 1. The van der Waals surface area contributed by atoms with Gasteiger partial charge in [-0.25, -0.2) is 9.97 Å². The van der Waals surface area contributed by atoms with Crippen molar-refractivity contribution in [1.82, 2.24) is 15.0 Å². The number of nitrogens with one attached hydrogen (secondary N) is 1. The molecule has 3 rings (SSSR count). The van der Waals surface area contributed by atoms with E-state index in [-0.39, 0.29) is 23.6 Å². The SMILES string of the molecule is Nc1ncccc1NCc1cc(CC(=O)c2ccc([N+](=O)[O-])cn2)ccn1. The third-order valence-corrected chi connectivity index (χ3v) is 3.79. The van der Waals surface area contributed by atoms with Gasteiger partial charge in [-0.2, -0.15) is 0 Å². The molecule has 0 atom stereocenters. The largest absolute Gasteiger partial charge is 0.382 e. The van der Waals surface area contributed by atoms with Crippen molar-refractivity contribution in [3.8, 4) is 0 Å². The number of nitrogens with two attached hydrogens (primary N) is 1. The molecule has 0 unspecified atom stereocenters. The van der Waals surface area contributed by atoms with E-state index in [0.717, 1.165) is 17.5 Å². The van der Waals surface area contributed by atoms with Crippen LogP contribution in [0.4, 0.5) is 17.2 Å². The molecule has 0 aliphatic carbocycles. The highest BCUT2D eigenvalue weighted by molar-refractivity contribution is 5.95. The number of ketones is 1. The minimum atomic E-state index is -0.557. The average molecular weight is 364 g/mol. The molecule has 3 heterocycles. The Labute approximate surface area is 154 Å². The molecule has 0 saturated heterocycles. The zero-order chi connectivity index (χ0) is 19.2. The molecule has 0 aromatic carbocycles. The lowest BCUT2D eigenvalue weighted by Crippen LogP contribution is -2.08. The fourth-order valence-corrected chi connectivity index (χ4v) is 2.42. The number of carbonyl (C=O) groups excluding carboxylic acids is 1. The number of carbonyl (C=O) groups is 1. The van der Waals surface area contributed by atoms with E-state index in [9.17, 15) is 14.9 Å².